The van der Waals surface area contributed by atoms with Gasteiger partial charge in [0, 0.05) is 88.4 Å². The number of piperazine rings is 1. The standard InChI is InChI=1S/C45H51ClF2N10O4/c1-25-22-58(18-17-57(25)23-26-13-15-56(16-14-26)35-6-4-5-29-38(53-55(3)40(29)35)30-10-12-37(59)51-43(30)60)36-20-33(32(46)21-49-36)50-28-9-11-34-31(19-28)39-41(44(61)54(34)2)62-24-45(47,48)42(52-39)27-7-8-27/h4-6,9,11,19-21,25-27,30,42,52H,7-8,10,12-18,22-24H2,1-3H3,(H,49,50)(H,51,59,60)/t25-,30?,42-/m0/s1. The van der Waals surface area contributed by atoms with Gasteiger partial charge in [-0.25, -0.2) is 13.8 Å². The van der Waals surface area contributed by atoms with Crippen LogP contribution in [0.3, 0.4) is 0 Å². The van der Waals surface area contributed by atoms with E-state index >= 15 is 8.78 Å². The molecule has 2 amide bonds. The molecule has 1 unspecified atom stereocenters. The molecule has 10 rings (SSSR count). The number of carbonyl (C=O) groups is 2. The van der Waals surface area contributed by atoms with Crippen LogP contribution in [0.1, 0.15) is 57.1 Å². The van der Waals surface area contributed by atoms with Crippen LogP contribution in [-0.2, 0) is 23.7 Å². The van der Waals surface area contributed by atoms with Crippen molar-refractivity contribution in [3.8, 4) is 5.75 Å². The Morgan fingerprint density at radius 3 is 2.53 bits per heavy atom. The fraction of sp³-hybridized carbons (Fsp3) is 0.489. The highest BCUT2D eigenvalue weighted by Crippen LogP contribution is 2.46. The van der Waals surface area contributed by atoms with Crippen LogP contribution in [0, 0.1) is 11.8 Å². The number of rotatable bonds is 8. The quantitative estimate of drug-likeness (QED) is 0.150. The van der Waals surface area contributed by atoms with Crippen LogP contribution in [0.4, 0.5) is 37.3 Å². The van der Waals surface area contributed by atoms with E-state index in [9.17, 15) is 14.4 Å². The summed E-state index contributed by atoms with van der Waals surface area (Å²) in [7, 11) is 3.55. The number of piperidine rings is 2. The second-order valence-corrected chi connectivity index (χ2v) is 18.3. The van der Waals surface area contributed by atoms with Gasteiger partial charge >= 0.3 is 5.92 Å². The lowest BCUT2D eigenvalue weighted by atomic mass is 9.92. The van der Waals surface area contributed by atoms with E-state index in [1.807, 2.05) is 42.1 Å². The molecule has 3 atom stereocenters. The number of fused-ring (bicyclic) bond motifs is 4. The summed E-state index contributed by atoms with van der Waals surface area (Å²) in [6, 6.07) is 12.9. The van der Waals surface area contributed by atoms with E-state index in [0.29, 0.717) is 70.6 Å². The molecule has 0 bridgehead atoms. The first-order valence-electron chi connectivity index (χ1n) is 21.7. The van der Waals surface area contributed by atoms with Gasteiger partial charge in [-0.3, -0.25) is 29.3 Å². The van der Waals surface area contributed by atoms with Gasteiger partial charge in [0.05, 0.1) is 57.0 Å². The first-order chi connectivity index (χ1) is 29.8. The Labute approximate surface area is 362 Å². The predicted octanol–water partition coefficient (Wildman–Crippen LogP) is 6.38. The van der Waals surface area contributed by atoms with Gasteiger partial charge in [-0.1, -0.05) is 23.7 Å². The zero-order valence-electron chi connectivity index (χ0n) is 35.1. The summed E-state index contributed by atoms with van der Waals surface area (Å²) in [6.45, 7) is 6.82. The lowest BCUT2D eigenvalue weighted by Gasteiger charge is -2.43. The molecule has 5 aromatic rings. The normalized spacial score (nSPS) is 23.5. The summed E-state index contributed by atoms with van der Waals surface area (Å²) in [6.07, 6.45) is 6.00. The van der Waals surface area contributed by atoms with E-state index < -0.39 is 30.0 Å². The van der Waals surface area contributed by atoms with Crippen LogP contribution in [0.25, 0.3) is 21.8 Å². The Bertz CT molecular complexity index is 2660. The molecule has 14 nitrogen and oxygen atoms in total. The lowest BCUT2D eigenvalue weighted by molar-refractivity contribution is -0.134. The Morgan fingerprint density at radius 1 is 0.968 bits per heavy atom. The highest BCUT2D eigenvalue weighted by atomic mass is 35.5. The van der Waals surface area contributed by atoms with E-state index in [4.69, 9.17) is 26.4 Å². The zero-order valence-corrected chi connectivity index (χ0v) is 35.9. The second kappa shape index (κ2) is 15.7. The molecule has 3 aromatic heterocycles. The molecule has 4 fully saturated rings. The van der Waals surface area contributed by atoms with Crippen molar-refractivity contribution >= 4 is 73.8 Å². The number of carbonyl (C=O) groups excluding carboxylic acids is 2. The van der Waals surface area contributed by atoms with Gasteiger partial charge in [-0.05, 0) is 75.1 Å². The number of hydrogen-bond acceptors (Lipinski definition) is 11. The predicted molar refractivity (Wildman–Crippen MR) is 236 cm³/mol. The van der Waals surface area contributed by atoms with E-state index in [0.717, 1.165) is 80.2 Å². The minimum absolute atomic E-state index is 0.0926. The van der Waals surface area contributed by atoms with Crippen LogP contribution < -0.4 is 36.0 Å². The Kier molecular flexibility index (Phi) is 10.3. The second-order valence-electron chi connectivity index (χ2n) is 17.9. The molecule has 1 saturated carbocycles. The van der Waals surface area contributed by atoms with E-state index in [1.54, 1.807) is 19.3 Å². The fourth-order valence-electron chi connectivity index (χ4n) is 10.1. The largest absolute Gasteiger partial charge is 0.480 e. The van der Waals surface area contributed by atoms with Crippen LogP contribution >= 0.6 is 11.6 Å². The van der Waals surface area contributed by atoms with Gasteiger partial charge in [-0.2, -0.15) is 5.10 Å². The summed E-state index contributed by atoms with van der Waals surface area (Å²) in [5, 5.41) is 15.8. The summed E-state index contributed by atoms with van der Waals surface area (Å²) < 4.78 is 39.2. The van der Waals surface area contributed by atoms with Crippen molar-refractivity contribution in [1.82, 2.24) is 29.5 Å². The molecule has 3 N–H and O–H groups in total. The molecule has 2 aromatic carbocycles. The first kappa shape index (κ1) is 40.6. The summed E-state index contributed by atoms with van der Waals surface area (Å²) >= 11 is 6.72. The number of hydrogen-bond donors (Lipinski definition) is 3. The molecule has 0 radical (unpaired) electrons. The lowest BCUT2D eigenvalue weighted by Crippen LogP contribution is -2.54. The van der Waals surface area contributed by atoms with Crippen molar-refractivity contribution in [2.45, 2.75) is 69.4 Å². The van der Waals surface area contributed by atoms with Crippen molar-refractivity contribution in [3.63, 3.8) is 0 Å². The van der Waals surface area contributed by atoms with Gasteiger partial charge in [-0.15, -0.1) is 0 Å². The topological polar surface area (TPSA) is 142 Å². The van der Waals surface area contributed by atoms with Gasteiger partial charge in [0.2, 0.25) is 17.6 Å². The highest BCUT2D eigenvalue weighted by molar-refractivity contribution is 6.33. The number of anilines is 5. The average Bonchev–Trinajstić information content (AvgIpc) is 4.06. The van der Waals surface area contributed by atoms with Crippen LogP contribution in [0.5, 0.6) is 5.75 Å². The molecule has 1 aliphatic carbocycles. The Morgan fingerprint density at radius 2 is 1.77 bits per heavy atom. The molecule has 62 heavy (non-hydrogen) atoms. The number of ether oxygens (including phenoxy) is 1. The smallest absolute Gasteiger partial charge is 0.301 e. The molecule has 7 heterocycles. The number of nitrogens with zero attached hydrogens (tertiary/aromatic N) is 7. The summed E-state index contributed by atoms with van der Waals surface area (Å²) in [5.74, 6) is -2.95. The molecule has 0 spiro atoms. The molecule has 5 aliphatic rings. The number of para-hydroxylation sites is 1. The summed E-state index contributed by atoms with van der Waals surface area (Å²) in [5.41, 5.74) is 4.65. The maximum Gasteiger partial charge on any atom is 0.301 e. The van der Waals surface area contributed by atoms with E-state index in [1.165, 1.54) is 4.57 Å². The number of halogens is 3. The van der Waals surface area contributed by atoms with E-state index in [-0.39, 0.29) is 23.5 Å². The Hall–Kier alpha value is -5.48. The number of amides is 2. The van der Waals surface area contributed by atoms with Crippen molar-refractivity contribution in [2.75, 3.05) is 66.3 Å². The van der Waals surface area contributed by atoms with Gasteiger partial charge in [0.1, 0.15) is 5.82 Å². The molecular formula is C45H51ClF2N10O4. The van der Waals surface area contributed by atoms with Gasteiger partial charge in [0.15, 0.2) is 6.61 Å². The molecule has 3 saturated heterocycles. The molecule has 17 heteroatoms. The van der Waals surface area contributed by atoms with Gasteiger partial charge < -0.3 is 29.7 Å². The van der Waals surface area contributed by atoms with E-state index in [2.05, 4.69) is 43.6 Å². The van der Waals surface area contributed by atoms with Crippen LogP contribution in [0.2, 0.25) is 5.02 Å². The minimum Gasteiger partial charge on any atom is -0.480 e. The molecule has 4 aliphatic heterocycles. The highest BCUT2D eigenvalue weighted by Gasteiger charge is 2.51. The van der Waals surface area contributed by atoms with Crippen molar-refractivity contribution in [3.05, 3.63) is 69.7 Å². The maximum atomic E-state index is 15.2. The number of aryl methyl sites for hydroxylation is 2. The summed E-state index contributed by atoms with van der Waals surface area (Å²) in [4.78, 5) is 49.9. The van der Waals surface area contributed by atoms with Crippen molar-refractivity contribution in [2.24, 2.45) is 25.9 Å². The monoisotopic (exact) mass is 868 g/mol. The molecular weight excluding hydrogens is 818 g/mol. The van der Waals surface area contributed by atoms with Crippen LogP contribution in [0.15, 0.2) is 53.5 Å². The molecule has 326 valence electrons. The van der Waals surface area contributed by atoms with Gasteiger partial charge in [0.25, 0.3) is 5.56 Å². The van der Waals surface area contributed by atoms with Crippen LogP contribution in [-0.4, -0.2) is 99.9 Å². The zero-order chi connectivity index (χ0) is 43.0. The minimum atomic E-state index is -3.12. The number of aromatic nitrogens is 4. The maximum absolute atomic E-state index is 15.2. The SMILES string of the molecule is C[C@H]1CN(c2cc(Nc3ccc4c(c3)c3c(c(=O)n4C)OCC(F)(F)[C@H](C4CC4)N3)c(Cl)cn2)CCN1CC1CCN(c2cccc3c(C4CCC(=O)NC4=O)nn(C)c23)CC1. The third kappa shape index (κ3) is 7.37. The third-order valence-corrected chi connectivity index (χ3v) is 14.0. The number of nitrogens with one attached hydrogen (secondary N) is 3. The number of pyridine rings is 2. The Balaban J connectivity index is 0.791. The first-order valence-corrected chi connectivity index (χ1v) is 22.1. The van der Waals surface area contributed by atoms with Crippen molar-refractivity contribution in [1.29, 1.82) is 0 Å². The fourth-order valence-corrected chi connectivity index (χ4v) is 10.3. The number of alkyl halides is 2. The average molecular weight is 869 g/mol. The van der Waals surface area contributed by atoms with Crippen molar-refractivity contribution < 1.29 is 23.1 Å². The number of benzene rings is 2. The number of imide groups is 1. The third-order valence-electron chi connectivity index (χ3n) is 13.7.